The van der Waals surface area contributed by atoms with Gasteiger partial charge in [0.05, 0.1) is 0 Å². The first-order chi connectivity index (χ1) is 10.3. The molecule has 2 amide bonds. The van der Waals surface area contributed by atoms with E-state index in [4.69, 9.17) is 0 Å². The van der Waals surface area contributed by atoms with E-state index in [1.165, 1.54) is 12.8 Å². The van der Waals surface area contributed by atoms with Crippen LogP contribution in [-0.2, 0) is 0 Å². The molecular formula is C15H17N5O. The van der Waals surface area contributed by atoms with Gasteiger partial charge in [0.15, 0.2) is 11.6 Å². The van der Waals surface area contributed by atoms with Crippen LogP contribution in [0.5, 0.6) is 0 Å². The molecule has 0 saturated carbocycles. The Morgan fingerprint density at radius 3 is 2.38 bits per heavy atom. The number of rotatable bonds is 3. The molecule has 1 aliphatic heterocycles. The number of nitrogens with one attached hydrogen (secondary N) is 2. The van der Waals surface area contributed by atoms with Crippen molar-refractivity contribution in [1.82, 2.24) is 10.2 Å². The van der Waals surface area contributed by atoms with Gasteiger partial charge in [-0.05, 0) is 37.1 Å². The van der Waals surface area contributed by atoms with Crippen molar-refractivity contribution in [2.75, 3.05) is 28.6 Å². The van der Waals surface area contributed by atoms with Crippen molar-refractivity contribution in [3.63, 3.8) is 0 Å². The molecular weight excluding hydrogens is 266 g/mol. The first-order valence-corrected chi connectivity index (χ1v) is 7.03. The lowest BCUT2D eigenvalue weighted by atomic mass is 10.3. The number of amides is 2. The lowest BCUT2D eigenvalue weighted by Gasteiger charge is -2.15. The van der Waals surface area contributed by atoms with Gasteiger partial charge < -0.3 is 10.2 Å². The minimum atomic E-state index is -0.329. The molecule has 6 nitrogen and oxygen atoms in total. The summed E-state index contributed by atoms with van der Waals surface area (Å²) in [5.41, 5.74) is 0.733. The Bertz CT molecular complexity index is 593. The van der Waals surface area contributed by atoms with Gasteiger partial charge in [0.1, 0.15) is 0 Å². The highest BCUT2D eigenvalue weighted by molar-refractivity contribution is 5.99. The zero-order chi connectivity index (χ0) is 14.5. The van der Waals surface area contributed by atoms with Crippen LogP contribution in [-0.4, -0.2) is 29.3 Å². The van der Waals surface area contributed by atoms with Gasteiger partial charge in [-0.3, -0.25) is 5.32 Å². The molecule has 0 aliphatic carbocycles. The van der Waals surface area contributed by atoms with E-state index in [1.807, 2.05) is 36.4 Å². The Morgan fingerprint density at radius 2 is 1.71 bits per heavy atom. The Balaban J connectivity index is 1.58. The topological polar surface area (TPSA) is 70.2 Å². The summed E-state index contributed by atoms with van der Waals surface area (Å²) in [6.07, 6.45) is 2.39. The van der Waals surface area contributed by atoms with Crippen LogP contribution < -0.4 is 15.5 Å². The first-order valence-electron chi connectivity index (χ1n) is 7.03. The molecule has 1 aromatic heterocycles. The number of aromatic nitrogens is 2. The van der Waals surface area contributed by atoms with Crippen molar-refractivity contribution in [3.05, 3.63) is 42.5 Å². The van der Waals surface area contributed by atoms with Crippen molar-refractivity contribution in [2.45, 2.75) is 12.8 Å². The number of benzene rings is 1. The summed E-state index contributed by atoms with van der Waals surface area (Å²) in [7, 11) is 0. The minimum Gasteiger partial charge on any atom is -0.355 e. The number of hydrogen-bond acceptors (Lipinski definition) is 4. The fraction of sp³-hybridized carbons (Fsp3) is 0.267. The number of nitrogens with zero attached hydrogens (tertiary/aromatic N) is 3. The van der Waals surface area contributed by atoms with Gasteiger partial charge in [0, 0.05) is 18.8 Å². The van der Waals surface area contributed by atoms with Crippen molar-refractivity contribution >= 4 is 23.4 Å². The third kappa shape index (κ3) is 3.47. The maximum atomic E-state index is 11.8. The third-order valence-electron chi connectivity index (χ3n) is 3.35. The van der Waals surface area contributed by atoms with Crippen molar-refractivity contribution in [2.24, 2.45) is 0 Å². The van der Waals surface area contributed by atoms with E-state index in [9.17, 15) is 4.79 Å². The molecule has 1 aliphatic rings. The lowest BCUT2D eigenvalue weighted by Crippen LogP contribution is -2.22. The van der Waals surface area contributed by atoms with Gasteiger partial charge in [0.2, 0.25) is 0 Å². The minimum absolute atomic E-state index is 0.329. The number of carbonyl (C=O) groups excluding carboxylic acids is 1. The Morgan fingerprint density at radius 1 is 0.952 bits per heavy atom. The number of para-hydroxylation sites is 1. The Kier molecular flexibility index (Phi) is 3.95. The second-order valence-corrected chi connectivity index (χ2v) is 4.92. The van der Waals surface area contributed by atoms with Gasteiger partial charge >= 0.3 is 6.03 Å². The predicted molar refractivity (Wildman–Crippen MR) is 82.6 cm³/mol. The highest BCUT2D eigenvalue weighted by Crippen LogP contribution is 2.17. The monoisotopic (exact) mass is 283 g/mol. The molecule has 2 N–H and O–H groups in total. The van der Waals surface area contributed by atoms with Gasteiger partial charge in [-0.15, -0.1) is 10.2 Å². The molecule has 0 bridgehead atoms. The zero-order valence-electron chi connectivity index (χ0n) is 11.6. The van der Waals surface area contributed by atoms with Gasteiger partial charge in [-0.25, -0.2) is 4.79 Å². The van der Waals surface area contributed by atoms with Crippen LogP contribution in [0.2, 0.25) is 0 Å². The number of hydrogen-bond donors (Lipinski definition) is 2. The van der Waals surface area contributed by atoms with Crippen LogP contribution in [0.25, 0.3) is 0 Å². The van der Waals surface area contributed by atoms with Crippen LogP contribution in [0.3, 0.4) is 0 Å². The number of anilines is 3. The molecule has 2 aromatic rings. The highest BCUT2D eigenvalue weighted by Gasteiger charge is 2.14. The SMILES string of the molecule is O=C(Nc1ccccc1)Nc1ccc(N2CCCC2)nn1. The predicted octanol–water partition coefficient (Wildman–Crippen LogP) is 2.72. The van der Waals surface area contributed by atoms with Gasteiger partial charge in [-0.2, -0.15) is 0 Å². The van der Waals surface area contributed by atoms with Crippen molar-refractivity contribution in [3.8, 4) is 0 Å². The maximum Gasteiger partial charge on any atom is 0.324 e. The normalized spacial score (nSPS) is 14.0. The second-order valence-electron chi connectivity index (χ2n) is 4.92. The molecule has 2 heterocycles. The summed E-state index contributed by atoms with van der Waals surface area (Å²) in [4.78, 5) is 14.0. The van der Waals surface area contributed by atoms with Crippen LogP contribution >= 0.6 is 0 Å². The van der Waals surface area contributed by atoms with Crippen LogP contribution in [0.15, 0.2) is 42.5 Å². The smallest absolute Gasteiger partial charge is 0.324 e. The fourth-order valence-corrected chi connectivity index (χ4v) is 2.31. The molecule has 1 fully saturated rings. The van der Waals surface area contributed by atoms with E-state index >= 15 is 0 Å². The molecule has 3 rings (SSSR count). The Labute approximate surface area is 123 Å². The molecule has 21 heavy (non-hydrogen) atoms. The van der Waals surface area contributed by atoms with E-state index in [0.717, 1.165) is 24.6 Å². The first kappa shape index (κ1) is 13.4. The second kappa shape index (κ2) is 6.21. The molecule has 0 unspecified atom stereocenters. The summed E-state index contributed by atoms with van der Waals surface area (Å²) >= 11 is 0. The summed E-state index contributed by atoms with van der Waals surface area (Å²) in [6.45, 7) is 2.05. The maximum absolute atomic E-state index is 11.8. The van der Waals surface area contributed by atoms with Gasteiger partial charge in [0.25, 0.3) is 0 Å². The van der Waals surface area contributed by atoms with Crippen LogP contribution in [0, 0.1) is 0 Å². The average Bonchev–Trinajstić information content (AvgIpc) is 3.03. The van der Waals surface area contributed by atoms with E-state index in [2.05, 4.69) is 25.7 Å². The van der Waals surface area contributed by atoms with E-state index in [1.54, 1.807) is 6.07 Å². The van der Waals surface area contributed by atoms with Gasteiger partial charge in [-0.1, -0.05) is 18.2 Å². The summed E-state index contributed by atoms with van der Waals surface area (Å²) in [5, 5.41) is 13.6. The summed E-state index contributed by atoms with van der Waals surface area (Å²) in [5.74, 6) is 1.30. The van der Waals surface area contributed by atoms with E-state index in [0.29, 0.717) is 5.82 Å². The number of carbonyl (C=O) groups is 1. The molecule has 0 spiro atoms. The van der Waals surface area contributed by atoms with E-state index in [-0.39, 0.29) is 6.03 Å². The third-order valence-corrected chi connectivity index (χ3v) is 3.35. The lowest BCUT2D eigenvalue weighted by molar-refractivity contribution is 0.262. The molecule has 0 atom stereocenters. The Hall–Kier alpha value is -2.63. The molecule has 108 valence electrons. The summed E-state index contributed by atoms with van der Waals surface area (Å²) < 4.78 is 0. The molecule has 1 saturated heterocycles. The molecule has 1 aromatic carbocycles. The van der Waals surface area contributed by atoms with Crippen LogP contribution in [0.1, 0.15) is 12.8 Å². The molecule has 6 heteroatoms. The molecule has 0 radical (unpaired) electrons. The quantitative estimate of drug-likeness (QED) is 0.908. The standard InChI is InChI=1S/C15H17N5O/c21-15(16-12-6-2-1-3-7-12)17-13-8-9-14(19-18-13)20-10-4-5-11-20/h1-3,6-9H,4-5,10-11H2,(H2,16,17,18,21). The number of urea groups is 1. The van der Waals surface area contributed by atoms with Crippen molar-refractivity contribution in [1.29, 1.82) is 0 Å². The summed E-state index contributed by atoms with van der Waals surface area (Å²) in [6, 6.07) is 12.6. The zero-order valence-corrected chi connectivity index (χ0v) is 11.6. The average molecular weight is 283 g/mol. The highest BCUT2D eigenvalue weighted by atomic mass is 16.2. The van der Waals surface area contributed by atoms with Crippen molar-refractivity contribution < 1.29 is 4.79 Å². The van der Waals surface area contributed by atoms with E-state index < -0.39 is 0 Å². The fourth-order valence-electron chi connectivity index (χ4n) is 2.31. The largest absolute Gasteiger partial charge is 0.355 e. The van der Waals surface area contributed by atoms with Crippen LogP contribution in [0.4, 0.5) is 22.1 Å².